The van der Waals surface area contributed by atoms with Crippen LogP contribution < -0.4 is 5.32 Å². The van der Waals surface area contributed by atoms with Crippen molar-refractivity contribution in [2.45, 2.75) is 32.2 Å². The van der Waals surface area contributed by atoms with Crippen LogP contribution in [-0.4, -0.2) is 66.2 Å². The van der Waals surface area contributed by atoms with E-state index in [1.54, 1.807) is 6.92 Å². The number of hydrogen-bond donors (Lipinski definition) is 2. The zero-order valence-corrected chi connectivity index (χ0v) is 11.7. The molecule has 2 rings (SSSR count). The lowest BCUT2D eigenvalue weighted by atomic mass is 9.78. The van der Waals surface area contributed by atoms with E-state index in [0.717, 1.165) is 43.9 Å². The molecule has 0 bridgehead atoms. The minimum atomic E-state index is -1.06. The summed E-state index contributed by atoms with van der Waals surface area (Å²) >= 11 is 0. The lowest BCUT2D eigenvalue weighted by Gasteiger charge is -2.40. The van der Waals surface area contributed by atoms with E-state index in [0.29, 0.717) is 5.41 Å². The van der Waals surface area contributed by atoms with Gasteiger partial charge in [-0.1, -0.05) is 0 Å². The van der Waals surface area contributed by atoms with E-state index in [1.165, 1.54) is 13.5 Å². The van der Waals surface area contributed by atoms with Gasteiger partial charge in [0.15, 0.2) is 0 Å². The van der Waals surface area contributed by atoms with Crippen LogP contribution in [0.25, 0.3) is 0 Å². The third-order valence-electron chi connectivity index (χ3n) is 4.71. The number of amides is 2. The van der Waals surface area contributed by atoms with Crippen molar-refractivity contribution in [1.82, 2.24) is 15.1 Å². The molecule has 0 aromatic carbocycles. The van der Waals surface area contributed by atoms with Gasteiger partial charge in [-0.05, 0) is 38.1 Å². The lowest BCUT2D eigenvalue weighted by molar-refractivity contribution is -0.137. The van der Waals surface area contributed by atoms with Crippen molar-refractivity contribution in [3.63, 3.8) is 0 Å². The second-order valence-electron chi connectivity index (χ2n) is 5.82. The van der Waals surface area contributed by atoms with Gasteiger partial charge in [0.25, 0.3) is 0 Å². The first-order valence-electron chi connectivity index (χ1n) is 6.90. The van der Waals surface area contributed by atoms with Crippen molar-refractivity contribution in [2.24, 2.45) is 5.41 Å². The fraction of sp³-hybridized carbons (Fsp3) is 0.846. The Balaban J connectivity index is 1.90. The van der Waals surface area contributed by atoms with Crippen molar-refractivity contribution in [3.05, 3.63) is 0 Å². The molecule has 0 radical (unpaired) electrons. The minimum Gasteiger partial charge on any atom is -0.465 e. The molecule has 0 saturated carbocycles. The number of carboxylic acid groups (broad SMARTS) is 1. The molecule has 6 heteroatoms. The normalized spacial score (nSPS) is 23.4. The Morgan fingerprint density at radius 2 is 1.95 bits per heavy atom. The largest absolute Gasteiger partial charge is 0.465 e. The predicted octanol–water partition coefficient (Wildman–Crippen LogP) is 0.587. The maximum atomic E-state index is 12.3. The Morgan fingerprint density at radius 3 is 2.42 bits per heavy atom. The summed E-state index contributed by atoms with van der Waals surface area (Å²) in [6.07, 6.45) is 2.18. The highest BCUT2D eigenvalue weighted by Gasteiger charge is 2.39. The van der Waals surface area contributed by atoms with Crippen LogP contribution in [0.1, 0.15) is 26.2 Å². The van der Waals surface area contributed by atoms with Gasteiger partial charge < -0.3 is 15.3 Å². The summed E-state index contributed by atoms with van der Waals surface area (Å²) in [5, 5.41) is 12.3. The molecule has 1 atom stereocenters. The highest BCUT2D eigenvalue weighted by Crippen LogP contribution is 2.37. The first-order chi connectivity index (χ1) is 8.95. The molecule has 2 heterocycles. The van der Waals surface area contributed by atoms with Gasteiger partial charge >= 0.3 is 6.09 Å². The van der Waals surface area contributed by atoms with Crippen LogP contribution in [-0.2, 0) is 4.79 Å². The molecule has 2 saturated heterocycles. The van der Waals surface area contributed by atoms with Crippen LogP contribution in [0.3, 0.4) is 0 Å². The summed E-state index contributed by atoms with van der Waals surface area (Å²) in [6.45, 7) is 5.28. The highest BCUT2D eigenvalue weighted by atomic mass is 16.4. The van der Waals surface area contributed by atoms with E-state index in [2.05, 4.69) is 5.32 Å². The quantitative estimate of drug-likeness (QED) is 0.769. The second kappa shape index (κ2) is 5.36. The molecule has 0 unspecified atom stereocenters. The molecule has 2 N–H and O–H groups in total. The number of likely N-dealkylation sites (N-methyl/N-ethyl adjacent to an activating group) is 1. The first-order valence-corrected chi connectivity index (χ1v) is 6.90. The Kier molecular flexibility index (Phi) is 3.99. The zero-order chi connectivity index (χ0) is 14.0. The molecule has 0 aromatic heterocycles. The summed E-state index contributed by atoms with van der Waals surface area (Å²) in [5.74, 6) is -0.0780. The Labute approximate surface area is 113 Å². The van der Waals surface area contributed by atoms with E-state index < -0.39 is 12.1 Å². The predicted molar refractivity (Wildman–Crippen MR) is 71.0 cm³/mol. The average Bonchev–Trinajstić information content (AvgIpc) is 2.85. The summed E-state index contributed by atoms with van der Waals surface area (Å²) in [4.78, 5) is 26.0. The maximum absolute atomic E-state index is 12.3. The average molecular weight is 269 g/mol. The van der Waals surface area contributed by atoms with Crippen LogP contribution in [0, 0.1) is 5.41 Å². The molecule has 6 nitrogen and oxygen atoms in total. The summed E-state index contributed by atoms with van der Waals surface area (Å²) in [5.41, 5.74) is 0.374. The van der Waals surface area contributed by atoms with Gasteiger partial charge in [-0.3, -0.25) is 9.69 Å². The van der Waals surface area contributed by atoms with Crippen LogP contribution in [0.15, 0.2) is 0 Å². The van der Waals surface area contributed by atoms with Gasteiger partial charge in [0.1, 0.15) is 6.04 Å². The number of piperidine rings is 1. The number of rotatable bonds is 2. The smallest absolute Gasteiger partial charge is 0.407 e. The summed E-state index contributed by atoms with van der Waals surface area (Å²) in [6, 6.07) is -0.603. The van der Waals surface area contributed by atoms with Crippen molar-refractivity contribution in [1.29, 1.82) is 0 Å². The van der Waals surface area contributed by atoms with Gasteiger partial charge in [-0.2, -0.15) is 0 Å². The molecule has 2 fully saturated rings. The molecule has 2 amide bonds. The van der Waals surface area contributed by atoms with Crippen molar-refractivity contribution in [2.75, 3.05) is 33.2 Å². The minimum absolute atomic E-state index is 0.0780. The molecule has 2 aliphatic heterocycles. The van der Waals surface area contributed by atoms with E-state index in [9.17, 15) is 9.59 Å². The molecular weight excluding hydrogens is 246 g/mol. The van der Waals surface area contributed by atoms with Crippen LogP contribution in [0.4, 0.5) is 4.79 Å². The number of nitrogens with zero attached hydrogens (tertiary/aromatic N) is 2. The number of nitrogens with one attached hydrogen (secondary N) is 1. The fourth-order valence-corrected chi connectivity index (χ4v) is 3.02. The van der Waals surface area contributed by atoms with E-state index in [-0.39, 0.29) is 5.91 Å². The SMILES string of the molecule is C[C@H](C(=O)N1CCC2(CCNC2)CC1)N(C)C(=O)O. The third-order valence-corrected chi connectivity index (χ3v) is 4.71. The monoisotopic (exact) mass is 269 g/mol. The molecule has 0 aliphatic carbocycles. The van der Waals surface area contributed by atoms with Crippen LogP contribution in [0.5, 0.6) is 0 Å². The lowest BCUT2D eigenvalue weighted by Crippen LogP contribution is -2.51. The maximum Gasteiger partial charge on any atom is 0.407 e. The van der Waals surface area contributed by atoms with Crippen molar-refractivity contribution < 1.29 is 14.7 Å². The Hall–Kier alpha value is -1.30. The fourth-order valence-electron chi connectivity index (χ4n) is 3.02. The number of carbonyl (C=O) groups is 2. The number of likely N-dealkylation sites (tertiary alicyclic amines) is 1. The molecule has 2 aliphatic rings. The zero-order valence-electron chi connectivity index (χ0n) is 11.7. The van der Waals surface area contributed by atoms with E-state index >= 15 is 0 Å². The Bertz CT molecular complexity index is 356. The number of hydrogen-bond acceptors (Lipinski definition) is 3. The molecule has 0 aromatic rings. The summed E-state index contributed by atoms with van der Waals surface area (Å²) < 4.78 is 0. The Morgan fingerprint density at radius 1 is 1.32 bits per heavy atom. The van der Waals surface area contributed by atoms with Crippen molar-refractivity contribution >= 4 is 12.0 Å². The highest BCUT2D eigenvalue weighted by molar-refractivity contribution is 5.84. The van der Waals surface area contributed by atoms with Gasteiger partial charge in [0.05, 0.1) is 0 Å². The topological polar surface area (TPSA) is 72.9 Å². The molecule has 108 valence electrons. The molecular formula is C13H23N3O3. The molecule has 19 heavy (non-hydrogen) atoms. The summed E-state index contributed by atoms with van der Waals surface area (Å²) in [7, 11) is 1.44. The van der Waals surface area contributed by atoms with Crippen molar-refractivity contribution in [3.8, 4) is 0 Å². The third kappa shape index (κ3) is 2.83. The number of carbonyl (C=O) groups excluding carboxylic acids is 1. The van der Waals surface area contributed by atoms with Crippen LogP contribution in [0.2, 0.25) is 0 Å². The second-order valence-corrected chi connectivity index (χ2v) is 5.82. The van der Waals surface area contributed by atoms with Gasteiger partial charge in [-0.15, -0.1) is 0 Å². The van der Waals surface area contributed by atoms with E-state index in [4.69, 9.17) is 5.11 Å². The van der Waals surface area contributed by atoms with Gasteiger partial charge in [0, 0.05) is 26.7 Å². The van der Waals surface area contributed by atoms with Crippen LogP contribution >= 0.6 is 0 Å². The molecule has 1 spiro atoms. The first kappa shape index (κ1) is 14.1. The van der Waals surface area contributed by atoms with Gasteiger partial charge in [0.2, 0.25) is 5.91 Å². The standard InChI is InChI=1S/C13H23N3O3/c1-10(15(2)12(18)19)11(17)16-7-4-13(5-8-16)3-6-14-9-13/h10,14H,3-9H2,1-2H3,(H,18,19)/t10-/m1/s1. The van der Waals surface area contributed by atoms with Gasteiger partial charge in [-0.25, -0.2) is 4.79 Å². The van der Waals surface area contributed by atoms with E-state index in [1.807, 2.05) is 4.90 Å².